The van der Waals surface area contributed by atoms with Gasteiger partial charge in [0.05, 0.1) is 21.5 Å². The zero-order chi connectivity index (χ0) is 19.0. The van der Waals surface area contributed by atoms with Gasteiger partial charge < -0.3 is 14.2 Å². The molecule has 0 aliphatic rings. The van der Waals surface area contributed by atoms with Gasteiger partial charge in [0.2, 0.25) is 5.91 Å². The fraction of sp³-hybridized carbons (Fsp3) is 0.176. The van der Waals surface area contributed by atoms with Crippen LogP contribution in [0.15, 0.2) is 38.3 Å². The Kier molecular flexibility index (Phi) is 4.66. The van der Waals surface area contributed by atoms with Crippen molar-refractivity contribution in [2.75, 3.05) is 11.1 Å². The first kappa shape index (κ1) is 17.7. The third kappa shape index (κ3) is 3.86. The number of amides is 1. The van der Waals surface area contributed by atoms with E-state index in [1.54, 1.807) is 6.07 Å². The van der Waals surface area contributed by atoms with Crippen molar-refractivity contribution in [2.24, 2.45) is 0 Å². The summed E-state index contributed by atoms with van der Waals surface area (Å²) in [4.78, 5) is 16.4. The molecule has 7 nitrogen and oxygen atoms in total. The van der Waals surface area contributed by atoms with Crippen LogP contribution in [0.4, 0.5) is 9.52 Å². The summed E-state index contributed by atoms with van der Waals surface area (Å²) in [5.41, 5.74) is 1.37. The van der Waals surface area contributed by atoms with Gasteiger partial charge in [-0.2, -0.15) is 0 Å². The average molecular weight is 404 g/mol. The van der Waals surface area contributed by atoms with Crippen LogP contribution in [0.3, 0.4) is 0 Å². The Bertz CT molecular complexity index is 1130. The second-order valence-corrected chi connectivity index (χ2v) is 7.63. The molecule has 138 valence electrons. The number of hydrogen-bond acceptors (Lipinski definition) is 8. The van der Waals surface area contributed by atoms with Crippen LogP contribution in [0.2, 0.25) is 0 Å². The molecule has 1 N–H and O–H groups in total. The quantitative estimate of drug-likeness (QED) is 0.492. The molecule has 1 amide bonds. The van der Waals surface area contributed by atoms with E-state index in [4.69, 9.17) is 8.83 Å². The molecule has 0 fully saturated rings. The fourth-order valence-corrected chi connectivity index (χ4v) is 3.92. The topological polar surface area (TPSA) is 94.1 Å². The van der Waals surface area contributed by atoms with E-state index < -0.39 is 0 Å². The maximum absolute atomic E-state index is 13.2. The van der Waals surface area contributed by atoms with E-state index in [1.807, 2.05) is 19.9 Å². The van der Waals surface area contributed by atoms with Crippen LogP contribution in [-0.2, 0) is 4.79 Å². The Morgan fingerprint density at radius 2 is 2.11 bits per heavy atom. The number of nitrogens with zero attached hydrogens (tertiary/aromatic N) is 3. The zero-order valence-electron chi connectivity index (χ0n) is 14.3. The molecule has 4 rings (SSSR count). The SMILES string of the molecule is Cc1cc(-c2nnc(SCC(=O)Nc3nc4ccc(F)cc4s3)o2)c(C)o1. The summed E-state index contributed by atoms with van der Waals surface area (Å²) in [7, 11) is 0. The third-order valence-electron chi connectivity index (χ3n) is 3.60. The molecule has 0 saturated carbocycles. The van der Waals surface area contributed by atoms with Crippen molar-refractivity contribution >= 4 is 44.4 Å². The van der Waals surface area contributed by atoms with Crippen molar-refractivity contribution < 1.29 is 18.0 Å². The molecule has 0 spiro atoms. The molecular weight excluding hydrogens is 391 g/mol. The first-order chi connectivity index (χ1) is 13.0. The van der Waals surface area contributed by atoms with Gasteiger partial charge in [0, 0.05) is 0 Å². The number of fused-ring (bicyclic) bond motifs is 1. The lowest BCUT2D eigenvalue weighted by atomic mass is 10.2. The number of aryl methyl sites for hydroxylation is 2. The zero-order valence-corrected chi connectivity index (χ0v) is 15.9. The minimum Gasteiger partial charge on any atom is -0.466 e. The molecule has 0 aliphatic carbocycles. The molecule has 3 aromatic heterocycles. The summed E-state index contributed by atoms with van der Waals surface area (Å²) in [6.45, 7) is 3.65. The number of carbonyl (C=O) groups excluding carboxylic acids is 1. The van der Waals surface area contributed by atoms with Crippen molar-refractivity contribution in [3.63, 3.8) is 0 Å². The summed E-state index contributed by atoms with van der Waals surface area (Å²) >= 11 is 2.33. The van der Waals surface area contributed by atoms with Crippen LogP contribution >= 0.6 is 23.1 Å². The molecular formula is C17H13FN4O3S2. The number of carbonyl (C=O) groups is 1. The van der Waals surface area contributed by atoms with Crippen LogP contribution in [-0.4, -0.2) is 26.8 Å². The van der Waals surface area contributed by atoms with Crippen LogP contribution in [0, 0.1) is 19.7 Å². The highest BCUT2D eigenvalue weighted by molar-refractivity contribution is 7.99. The number of thioether (sulfide) groups is 1. The van der Waals surface area contributed by atoms with Crippen molar-refractivity contribution in [3.05, 3.63) is 41.6 Å². The molecule has 0 bridgehead atoms. The lowest BCUT2D eigenvalue weighted by Gasteiger charge is -1.98. The second kappa shape index (κ2) is 7.12. The summed E-state index contributed by atoms with van der Waals surface area (Å²) < 4.78 is 24.9. The van der Waals surface area contributed by atoms with Gasteiger partial charge in [-0.25, -0.2) is 9.37 Å². The van der Waals surface area contributed by atoms with E-state index in [1.165, 1.54) is 23.5 Å². The Labute approximate surface area is 161 Å². The molecule has 0 atom stereocenters. The number of furan rings is 1. The smallest absolute Gasteiger partial charge is 0.277 e. The highest BCUT2D eigenvalue weighted by Crippen LogP contribution is 2.29. The maximum atomic E-state index is 13.2. The van der Waals surface area contributed by atoms with E-state index in [0.717, 1.165) is 23.1 Å². The lowest BCUT2D eigenvalue weighted by Crippen LogP contribution is -2.13. The van der Waals surface area contributed by atoms with Gasteiger partial charge in [0.1, 0.15) is 17.3 Å². The molecule has 0 saturated heterocycles. The summed E-state index contributed by atoms with van der Waals surface area (Å²) in [6, 6.07) is 6.11. The molecule has 4 aromatic rings. The average Bonchev–Trinajstić information content (AvgIpc) is 3.30. The number of nitrogens with one attached hydrogen (secondary N) is 1. The van der Waals surface area contributed by atoms with Gasteiger partial charge in [0.15, 0.2) is 5.13 Å². The molecule has 0 aliphatic heterocycles. The van der Waals surface area contributed by atoms with E-state index in [9.17, 15) is 9.18 Å². The molecule has 0 radical (unpaired) electrons. The van der Waals surface area contributed by atoms with Gasteiger partial charge in [0.25, 0.3) is 11.1 Å². The van der Waals surface area contributed by atoms with Gasteiger partial charge in [-0.15, -0.1) is 10.2 Å². The van der Waals surface area contributed by atoms with Crippen molar-refractivity contribution in [2.45, 2.75) is 19.1 Å². The van der Waals surface area contributed by atoms with Gasteiger partial charge >= 0.3 is 0 Å². The number of aromatic nitrogens is 3. The van der Waals surface area contributed by atoms with Crippen LogP contribution in [0.25, 0.3) is 21.7 Å². The van der Waals surface area contributed by atoms with Crippen LogP contribution < -0.4 is 5.32 Å². The minimum atomic E-state index is -0.338. The minimum absolute atomic E-state index is 0.0787. The number of rotatable bonds is 5. The normalized spacial score (nSPS) is 11.2. The van der Waals surface area contributed by atoms with Crippen LogP contribution in [0.1, 0.15) is 11.5 Å². The van der Waals surface area contributed by atoms with Crippen molar-refractivity contribution in [1.29, 1.82) is 0 Å². The predicted octanol–water partition coefficient (Wildman–Crippen LogP) is 4.43. The molecule has 0 unspecified atom stereocenters. The Morgan fingerprint density at radius 1 is 1.26 bits per heavy atom. The maximum Gasteiger partial charge on any atom is 0.277 e. The van der Waals surface area contributed by atoms with Gasteiger partial charge in [-0.05, 0) is 38.1 Å². The van der Waals surface area contributed by atoms with Crippen molar-refractivity contribution in [1.82, 2.24) is 15.2 Å². The number of anilines is 1. The number of thiazole rings is 1. The largest absolute Gasteiger partial charge is 0.466 e. The summed E-state index contributed by atoms with van der Waals surface area (Å²) in [5, 5.41) is 11.3. The number of halogens is 1. The lowest BCUT2D eigenvalue weighted by molar-refractivity contribution is -0.113. The summed E-state index contributed by atoms with van der Waals surface area (Å²) in [6.07, 6.45) is 0. The molecule has 27 heavy (non-hydrogen) atoms. The Morgan fingerprint density at radius 3 is 2.89 bits per heavy atom. The number of hydrogen-bond donors (Lipinski definition) is 1. The second-order valence-electron chi connectivity index (χ2n) is 5.67. The Hall–Kier alpha value is -2.72. The molecule has 10 heteroatoms. The number of benzene rings is 1. The van der Waals surface area contributed by atoms with E-state index >= 15 is 0 Å². The third-order valence-corrected chi connectivity index (χ3v) is 5.35. The van der Waals surface area contributed by atoms with Gasteiger partial charge in [-0.1, -0.05) is 23.1 Å². The van der Waals surface area contributed by atoms with E-state index in [2.05, 4.69) is 20.5 Å². The predicted molar refractivity (Wildman–Crippen MR) is 100 cm³/mol. The highest BCUT2D eigenvalue weighted by atomic mass is 32.2. The molecule has 1 aromatic carbocycles. The van der Waals surface area contributed by atoms with Crippen molar-refractivity contribution in [3.8, 4) is 11.5 Å². The van der Waals surface area contributed by atoms with Crippen LogP contribution in [0.5, 0.6) is 0 Å². The fourth-order valence-electron chi connectivity index (χ4n) is 2.45. The first-order valence-electron chi connectivity index (χ1n) is 7.87. The molecule has 3 heterocycles. The Balaban J connectivity index is 1.38. The standard InChI is InChI=1S/C17H13FN4O3S2/c1-8-5-11(9(2)24-8)15-21-22-17(25-15)26-7-14(23)20-16-19-12-4-3-10(18)6-13(12)27-16/h3-6H,7H2,1-2H3,(H,19,20,23). The highest BCUT2D eigenvalue weighted by Gasteiger charge is 2.16. The van der Waals surface area contributed by atoms with E-state index in [-0.39, 0.29) is 22.7 Å². The van der Waals surface area contributed by atoms with E-state index in [0.29, 0.717) is 27.0 Å². The monoisotopic (exact) mass is 404 g/mol. The summed E-state index contributed by atoms with van der Waals surface area (Å²) in [5.74, 6) is 1.27. The van der Waals surface area contributed by atoms with Gasteiger partial charge in [-0.3, -0.25) is 4.79 Å². The first-order valence-corrected chi connectivity index (χ1v) is 9.68.